The standard InChI is InChI=1S/C21H21N7/c1-14-10-16(12-23-11-14)17-5-6-18-21(26-17)28(20-4-3-9-27(18)20)15(2)25-19-13-22-7-8-24-19/h5-8,10-13,20H,2-4,9H2,1H3,(H,24,25). The molecule has 3 aromatic rings. The lowest BCUT2D eigenvalue weighted by atomic mass is 10.1. The molecule has 0 saturated carbocycles. The Bertz CT molecular complexity index is 1030. The van der Waals surface area contributed by atoms with E-state index in [-0.39, 0.29) is 6.17 Å². The molecule has 1 fully saturated rings. The lowest BCUT2D eigenvalue weighted by molar-refractivity contribution is 0.683. The Morgan fingerprint density at radius 3 is 2.93 bits per heavy atom. The first-order chi connectivity index (χ1) is 13.7. The number of rotatable bonds is 4. The summed E-state index contributed by atoms with van der Waals surface area (Å²) in [5.41, 5.74) is 4.19. The third-order valence-electron chi connectivity index (χ3n) is 5.21. The van der Waals surface area contributed by atoms with E-state index in [0.29, 0.717) is 5.82 Å². The third kappa shape index (κ3) is 2.76. The van der Waals surface area contributed by atoms with E-state index in [1.165, 1.54) is 0 Å². The molecule has 0 radical (unpaired) electrons. The van der Waals surface area contributed by atoms with E-state index in [9.17, 15) is 0 Å². The fraction of sp³-hybridized carbons (Fsp3) is 0.238. The van der Waals surface area contributed by atoms with Crippen LogP contribution in [-0.2, 0) is 0 Å². The molecule has 0 aromatic carbocycles. The number of aromatic nitrogens is 4. The lowest BCUT2D eigenvalue weighted by Gasteiger charge is -2.28. The largest absolute Gasteiger partial charge is 0.348 e. The highest BCUT2D eigenvalue weighted by Gasteiger charge is 2.41. The molecule has 5 heterocycles. The van der Waals surface area contributed by atoms with Crippen molar-refractivity contribution in [3.05, 3.63) is 67.1 Å². The molecule has 2 aliphatic rings. The van der Waals surface area contributed by atoms with Gasteiger partial charge in [0.15, 0.2) is 5.82 Å². The van der Waals surface area contributed by atoms with E-state index < -0.39 is 0 Å². The fourth-order valence-corrected chi connectivity index (χ4v) is 4.02. The first-order valence-corrected chi connectivity index (χ1v) is 9.41. The van der Waals surface area contributed by atoms with Crippen molar-refractivity contribution in [3.8, 4) is 11.3 Å². The molecular formula is C21H21N7. The maximum absolute atomic E-state index is 5.00. The summed E-state index contributed by atoms with van der Waals surface area (Å²) in [6.45, 7) is 7.34. The van der Waals surface area contributed by atoms with Crippen molar-refractivity contribution in [1.29, 1.82) is 0 Å². The summed E-state index contributed by atoms with van der Waals surface area (Å²) < 4.78 is 0. The second-order valence-electron chi connectivity index (χ2n) is 7.14. The van der Waals surface area contributed by atoms with Crippen LogP contribution < -0.4 is 15.1 Å². The van der Waals surface area contributed by atoms with Crippen molar-refractivity contribution < 1.29 is 0 Å². The van der Waals surface area contributed by atoms with Crippen LogP contribution in [0.3, 0.4) is 0 Å². The van der Waals surface area contributed by atoms with Gasteiger partial charge < -0.3 is 10.2 Å². The predicted molar refractivity (Wildman–Crippen MR) is 110 cm³/mol. The minimum atomic E-state index is 0.227. The number of anilines is 3. The van der Waals surface area contributed by atoms with Crippen molar-refractivity contribution in [1.82, 2.24) is 19.9 Å². The zero-order valence-electron chi connectivity index (χ0n) is 15.7. The Morgan fingerprint density at radius 1 is 1.18 bits per heavy atom. The smallest absolute Gasteiger partial charge is 0.160 e. The van der Waals surface area contributed by atoms with Gasteiger partial charge in [-0.3, -0.25) is 14.9 Å². The first-order valence-electron chi connectivity index (χ1n) is 9.41. The topological polar surface area (TPSA) is 70.1 Å². The van der Waals surface area contributed by atoms with Gasteiger partial charge in [-0.15, -0.1) is 0 Å². The van der Waals surface area contributed by atoms with Crippen LogP contribution in [0.5, 0.6) is 0 Å². The van der Waals surface area contributed by atoms with Crippen molar-refractivity contribution in [2.45, 2.75) is 25.9 Å². The molecule has 7 heteroatoms. The number of hydrogen-bond acceptors (Lipinski definition) is 7. The molecule has 1 unspecified atom stereocenters. The van der Waals surface area contributed by atoms with Gasteiger partial charge in [-0.05, 0) is 43.5 Å². The van der Waals surface area contributed by atoms with Crippen molar-refractivity contribution in [3.63, 3.8) is 0 Å². The summed E-state index contributed by atoms with van der Waals surface area (Å²) >= 11 is 0. The van der Waals surface area contributed by atoms with Crippen LogP contribution in [0, 0.1) is 6.92 Å². The van der Waals surface area contributed by atoms with Crippen molar-refractivity contribution in [2.24, 2.45) is 0 Å². The number of pyridine rings is 2. The van der Waals surface area contributed by atoms with Crippen LogP contribution in [0.4, 0.5) is 17.3 Å². The summed E-state index contributed by atoms with van der Waals surface area (Å²) in [5, 5.41) is 3.28. The minimum absolute atomic E-state index is 0.227. The van der Waals surface area contributed by atoms with Crippen LogP contribution in [0.2, 0.25) is 0 Å². The van der Waals surface area contributed by atoms with Crippen LogP contribution >= 0.6 is 0 Å². The van der Waals surface area contributed by atoms with Gasteiger partial charge >= 0.3 is 0 Å². The Labute approximate surface area is 163 Å². The Balaban J connectivity index is 1.54. The monoisotopic (exact) mass is 371 g/mol. The van der Waals surface area contributed by atoms with Gasteiger partial charge in [0.05, 0.1) is 17.6 Å². The Hall–Kier alpha value is -3.48. The van der Waals surface area contributed by atoms with Gasteiger partial charge in [0.25, 0.3) is 0 Å². The summed E-state index contributed by atoms with van der Waals surface area (Å²) in [4.78, 5) is 22.3. The van der Waals surface area contributed by atoms with Crippen molar-refractivity contribution in [2.75, 3.05) is 21.7 Å². The number of hydrogen-bond donors (Lipinski definition) is 1. The van der Waals surface area contributed by atoms with Gasteiger partial charge in [-0.25, -0.2) is 9.97 Å². The molecule has 1 N–H and O–H groups in total. The summed E-state index contributed by atoms with van der Waals surface area (Å²) in [5.74, 6) is 2.35. The van der Waals surface area contributed by atoms with E-state index in [4.69, 9.17) is 4.98 Å². The van der Waals surface area contributed by atoms with Crippen LogP contribution in [0.25, 0.3) is 11.3 Å². The summed E-state index contributed by atoms with van der Waals surface area (Å²) in [6.07, 6.45) is 11.2. The molecule has 1 atom stereocenters. The van der Waals surface area contributed by atoms with E-state index in [0.717, 1.165) is 53.5 Å². The Morgan fingerprint density at radius 2 is 2.11 bits per heavy atom. The average molecular weight is 371 g/mol. The molecular weight excluding hydrogens is 350 g/mol. The highest BCUT2D eigenvalue weighted by atomic mass is 15.5. The van der Waals surface area contributed by atoms with Gasteiger partial charge in [0.2, 0.25) is 0 Å². The maximum atomic E-state index is 5.00. The molecule has 0 spiro atoms. The molecule has 2 aliphatic heterocycles. The molecule has 0 amide bonds. The van der Waals surface area contributed by atoms with Gasteiger partial charge in [-0.2, -0.15) is 0 Å². The van der Waals surface area contributed by atoms with Gasteiger partial charge in [-0.1, -0.05) is 6.58 Å². The highest BCUT2D eigenvalue weighted by Crippen LogP contribution is 2.45. The van der Waals surface area contributed by atoms with Crippen molar-refractivity contribution >= 4 is 17.3 Å². The van der Waals surface area contributed by atoms with Crippen LogP contribution in [0.1, 0.15) is 18.4 Å². The number of nitrogens with zero attached hydrogens (tertiary/aromatic N) is 6. The minimum Gasteiger partial charge on any atom is -0.348 e. The lowest BCUT2D eigenvalue weighted by Crippen LogP contribution is -2.40. The second kappa shape index (κ2) is 6.60. The SMILES string of the molecule is C=C(Nc1cnccn1)N1c2nc(-c3cncc(C)c3)ccc2N2CCCC21. The Kier molecular flexibility index (Phi) is 3.93. The molecule has 5 rings (SSSR count). The molecule has 0 bridgehead atoms. The summed E-state index contributed by atoms with van der Waals surface area (Å²) in [7, 11) is 0. The predicted octanol–water partition coefficient (Wildman–Crippen LogP) is 3.57. The van der Waals surface area contributed by atoms with Crippen LogP contribution in [0.15, 0.2) is 61.6 Å². The molecule has 3 aromatic heterocycles. The number of fused-ring (bicyclic) bond motifs is 3. The quantitative estimate of drug-likeness (QED) is 0.752. The summed E-state index contributed by atoms with van der Waals surface area (Å²) in [6, 6.07) is 6.34. The zero-order chi connectivity index (χ0) is 19.1. The fourth-order valence-electron chi connectivity index (χ4n) is 4.02. The van der Waals surface area contributed by atoms with Gasteiger partial charge in [0, 0.05) is 36.9 Å². The molecule has 140 valence electrons. The van der Waals surface area contributed by atoms with E-state index in [2.05, 4.69) is 54.8 Å². The normalized spacial score (nSPS) is 17.4. The van der Waals surface area contributed by atoms with Gasteiger partial charge in [0.1, 0.15) is 17.8 Å². The molecule has 7 nitrogen and oxygen atoms in total. The third-order valence-corrected chi connectivity index (χ3v) is 5.21. The first kappa shape index (κ1) is 16.7. The van der Waals surface area contributed by atoms with E-state index in [1.807, 2.05) is 19.3 Å². The second-order valence-corrected chi connectivity index (χ2v) is 7.14. The highest BCUT2D eigenvalue weighted by molar-refractivity contribution is 5.80. The molecule has 1 saturated heterocycles. The molecule has 0 aliphatic carbocycles. The number of aryl methyl sites for hydroxylation is 1. The number of nitrogens with one attached hydrogen (secondary N) is 1. The van der Waals surface area contributed by atoms with E-state index >= 15 is 0 Å². The van der Waals surface area contributed by atoms with E-state index in [1.54, 1.807) is 18.6 Å². The maximum Gasteiger partial charge on any atom is 0.160 e. The average Bonchev–Trinajstić information content (AvgIpc) is 3.28. The van der Waals surface area contributed by atoms with Crippen LogP contribution in [-0.4, -0.2) is 32.6 Å². The molecule has 28 heavy (non-hydrogen) atoms. The zero-order valence-corrected chi connectivity index (χ0v) is 15.7.